The van der Waals surface area contributed by atoms with Gasteiger partial charge in [0.25, 0.3) is 0 Å². The van der Waals surface area contributed by atoms with Crippen LogP contribution in [0.15, 0.2) is 18.2 Å². The van der Waals surface area contributed by atoms with Gasteiger partial charge in [0.2, 0.25) is 5.91 Å². The van der Waals surface area contributed by atoms with Gasteiger partial charge in [0, 0.05) is 30.7 Å². The summed E-state index contributed by atoms with van der Waals surface area (Å²) in [5, 5.41) is 3.70. The molecule has 108 valence electrons. The van der Waals surface area contributed by atoms with Gasteiger partial charge < -0.3 is 11.1 Å². The van der Waals surface area contributed by atoms with Crippen LogP contribution in [0.1, 0.15) is 40.7 Å². The Hall–Kier alpha value is -1.39. The molecule has 2 aliphatic heterocycles. The van der Waals surface area contributed by atoms with E-state index in [0.29, 0.717) is 11.6 Å². The van der Waals surface area contributed by atoms with Crippen LogP contribution in [0.3, 0.4) is 0 Å². The normalized spacial score (nSPS) is 25.9. The summed E-state index contributed by atoms with van der Waals surface area (Å²) < 4.78 is 0. The maximum absolute atomic E-state index is 11.2. The molecule has 2 saturated heterocycles. The molecular weight excluding hydrogens is 250 g/mol. The number of primary amides is 1. The number of carbonyl (C=O) groups excluding carboxylic acids is 1. The molecule has 0 aromatic heterocycles. The van der Waals surface area contributed by atoms with Crippen molar-refractivity contribution in [3.63, 3.8) is 0 Å². The molecule has 4 heteroatoms. The molecule has 1 amide bonds. The van der Waals surface area contributed by atoms with Gasteiger partial charge in [-0.25, -0.2) is 0 Å². The molecule has 2 aliphatic rings. The predicted octanol–water partition coefficient (Wildman–Crippen LogP) is 1.42. The highest BCUT2D eigenvalue weighted by Gasteiger charge is 2.36. The number of nitrogens with one attached hydrogen (secondary N) is 1. The van der Waals surface area contributed by atoms with Crippen molar-refractivity contribution >= 4 is 5.91 Å². The summed E-state index contributed by atoms with van der Waals surface area (Å²) in [4.78, 5) is 13.8. The molecular formula is C16H23N3O. The number of carbonyl (C=O) groups is 1. The number of hydrogen-bond donors (Lipinski definition) is 2. The van der Waals surface area contributed by atoms with Gasteiger partial charge in [-0.1, -0.05) is 6.07 Å². The second-order valence-electron chi connectivity index (χ2n) is 6.03. The number of nitrogens with two attached hydrogens (primary N) is 1. The zero-order valence-corrected chi connectivity index (χ0v) is 12.1. The molecule has 0 saturated carbocycles. The molecule has 2 fully saturated rings. The smallest absolute Gasteiger partial charge is 0.248 e. The van der Waals surface area contributed by atoms with Crippen LogP contribution in [0.2, 0.25) is 0 Å². The highest BCUT2D eigenvalue weighted by molar-refractivity contribution is 5.93. The van der Waals surface area contributed by atoms with Crippen molar-refractivity contribution in [2.45, 2.75) is 44.8 Å². The van der Waals surface area contributed by atoms with Gasteiger partial charge in [0.05, 0.1) is 0 Å². The summed E-state index contributed by atoms with van der Waals surface area (Å²) in [6.07, 6.45) is 3.93. The summed E-state index contributed by atoms with van der Waals surface area (Å²) in [5.41, 5.74) is 8.29. The molecule has 0 radical (unpaired) electrons. The molecule has 1 aromatic rings. The number of aryl methyl sites for hydroxylation is 1. The van der Waals surface area contributed by atoms with Crippen LogP contribution >= 0.6 is 0 Å². The molecule has 0 spiro atoms. The summed E-state index contributed by atoms with van der Waals surface area (Å²) in [6, 6.07) is 7.08. The molecule has 1 aromatic carbocycles. The summed E-state index contributed by atoms with van der Waals surface area (Å²) in [6.45, 7) is 5.43. The Kier molecular flexibility index (Phi) is 3.76. The SMILES string of the molecule is Cc1cc(C(N)=O)ccc1CNC1CCN2CCCC12. The van der Waals surface area contributed by atoms with E-state index < -0.39 is 0 Å². The first kappa shape index (κ1) is 13.6. The third-order valence-corrected chi connectivity index (χ3v) is 4.79. The number of fused-ring (bicyclic) bond motifs is 1. The molecule has 0 bridgehead atoms. The highest BCUT2D eigenvalue weighted by atomic mass is 16.1. The Labute approximate surface area is 120 Å². The van der Waals surface area contributed by atoms with Crippen molar-refractivity contribution in [1.29, 1.82) is 0 Å². The van der Waals surface area contributed by atoms with E-state index >= 15 is 0 Å². The van der Waals surface area contributed by atoms with Crippen LogP contribution in [0.5, 0.6) is 0 Å². The monoisotopic (exact) mass is 273 g/mol. The number of nitrogens with zero attached hydrogens (tertiary/aromatic N) is 1. The predicted molar refractivity (Wildman–Crippen MR) is 79.5 cm³/mol. The van der Waals surface area contributed by atoms with E-state index in [1.165, 1.54) is 37.9 Å². The average molecular weight is 273 g/mol. The van der Waals surface area contributed by atoms with E-state index in [2.05, 4.69) is 10.2 Å². The fraction of sp³-hybridized carbons (Fsp3) is 0.562. The van der Waals surface area contributed by atoms with Crippen LogP contribution in [-0.2, 0) is 6.54 Å². The first-order chi connectivity index (χ1) is 9.65. The van der Waals surface area contributed by atoms with E-state index in [1.807, 2.05) is 25.1 Å². The van der Waals surface area contributed by atoms with Gasteiger partial charge >= 0.3 is 0 Å². The standard InChI is InChI=1S/C16H23N3O/c1-11-9-12(16(17)20)4-5-13(11)10-18-14-6-8-19-7-2-3-15(14)19/h4-5,9,14-15,18H,2-3,6-8,10H2,1H3,(H2,17,20). The van der Waals surface area contributed by atoms with E-state index in [1.54, 1.807) is 0 Å². The van der Waals surface area contributed by atoms with Crippen LogP contribution in [0.4, 0.5) is 0 Å². The van der Waals surface area contributed by atoms with E-state index in [9.17, 15) is 4.79 Å². The Bertz CT molecular complexity index is 514. The van der Waals surface area contributed by atoms with Crippen molar-refractivity contribution in [3.8, 4) is 0 Å². The zero-order valence-electron chi connectivity index (χ0n) is 12.1. The molecule has 20 heavy (non-hydrogen) atoms. The lowest BCUT2D eigenvalue weighted by Gasteiger charge is -2.21. The van der Waals surface area contributed by atoms with Crippen molar-refractivity contribution < 1.29 is 4.79 Å². The number of hydrogen-bond acceptors (Lipinski definition) is 3. The zero-order chi connectivity index (χ0) is 14.1. The van der Waals surface area contributed by atoms with Crippen LogP contribution in [-0.4, -0.2) is 36.0 Å². The molecule has 2 atom stereocenters. The lowest BCUT2D eigenvalue weighted by Crippen LogP contribution is -2.38. The Balaban J connectivity index is 1.62. The molecule has 4 nitrogen and oxygen atoms in total. The van der Waals surface area contributed by atoms with Gasteiger partial charge in [0.1, 0.15) is 0 Å². The van der Waals surface area contributed by atoms with Crippen LogP contribution in [0.25, 0.3) is 0 Å². The minimum absolute atomic E-state index is 0.356. The molecule has 3 N–H and O–H groups in total. The second kappa shape index (κ2) is 5.54. The van der Waals surface area contributed by atoms with Gasteiger partial charge in [-0.15, -0.1) is 0 Å². The highest BCUT2D eigenvalue weighted by Crippen LogP contribution is 2.28. The van der Waals surface area contributed by atoms with Crippen molar-refractivity contribution in [2.24, 2.45) is 5.73 Å². The fourth-order valence-corrected chi connectivity index (χ4v) is 3.61. The van der Waals surface area contributed by atoms with Gasteiger partial charge in [-0.2, -0.15) is 0 Å². The van der Waals surface area contributed by atoms with Crippen molar-refractivity contribution in [3.05, 3.63) is 34.9 Å². The third kappa shape index (κ3) is 2.58. The van der Waals surface area contributed by atoms with Crippen LogP contribution < -0.4 is 11.1 Å². The summed E-state index contributed by atoms with van der Waals surface area (Å²) in [7, 11) is 0. The molecule has 3 rings (SSSR count). The molecule has 2 heterocycles. The maximum atomic E-state index is 11.2. The molecule has 0 aliphatic carbocycles. The third-order valence-electron chi connectivity index (χ3n) is 4.79. The largest absolute Gasteiger partial charge is 0.366 e. The number of benzene rings is 1. The number of amides is 1. The quantitative estimate of drug-likeness (QED) is 0.872. The van der Waals surface area contributed by atoms with Crippen LogP contribution in [0, 0.1) is 6.92 Å². The minimum atomic E-state index is -0.356. The van der Waals surface area contributed by atoms with Gasteiger partial charge in [-0.05, 0) is 56.0 Å². The maximum Gasteiger partial charge on any atom is 0.248 e. The summed E-state index contributed by atoms with van der Waals surface area (Å²) in [5.74, 6) is -0.356. The molecule has 2 unspecified atom stereocenters. The van der Waals surface area contributed by atoms with E-state index in [-0.39, 0.29) is 5.91 Å². The van der Waals surface area contributed by atoms with E-state index in [0.717, 1.165) is 18.2 Å². The summed E-state index contributed by atoms with van der Waals surface area (Å²) >= 11 is 0. The Morgan fingerprint density at radius 1 is 1.40 bits per heavy atom. The second-order valence-corrected chi connectivity index (χ2v) is 6.03. The lowest BCUT2D eigenvalue weighted by atomic mass is 10.0. The van der Waals surface area contributed by atoms with Gasteiger partial charge in [0.15, 0.2) is 0 Å². The first-order valence-electron chi connectivity index (χ1n) is 7.52. The lowest BCUT2D eigenvalue weighted by molar-refractivity contribution is 0.1000. The first-order valence-corrected chi connectivity index (χ1v) is 7.52. The Morgan fingerprint density at radius 3 is 3.00 bits per heavy atom. The number of rotatable bonds is 4. The van der Waals surface area contributed by atoms with Gasteiger partial charge in [-0.3, -0.25) is 9.69 Å². The van der Waals surface area contributed by atoms with Crippen molar-refractivity contribution in [1.82, 2.24) is 10.2 Å². The average Bonchev–Trinajstić information content (AvgIpc) is 3.00. The van der Waals surface area contributed by atoms with E-state index in [4.69, 9.17) is 5.73 Å². The van der Waals surface area contributed by atoms with Crippen molar-refractivity contribution in [2.75, 3.05) is 13.1 Å². The fourth-order valence-electron chi connectivity index (χ4n) is 3.61. The topological polar surface area (TPSA) is 58.4 Å². The Morgan fingerprint density at radius 2 is 2.25 bits per heavy atom. The minimum Gasteiger partial charge on any atom is -0.366 e.